The van der Waals surface area contributed by atoms with E-state index in [0.29, 0.717) is 0 Å². The van der Waals surface area contributed by atoms with Gasteiger partial charge in [-0.15, -0.1) is 29.0 Å². The molecule has 124 valence electrons. The Kier molecular flexibility index (Phi) is 5.14. The first-order chi connectivity index (χ1) is 11.5. The van der Waals surface area contributed by atoms with E-state index in [4.69, 9.17) is 16.0 Å². The number of benzene rings is 2. The minimum absolute atomic E-state index is 0. The maximum atomic E-state index is 6.06. The van der Waals surface area contributed by atoms with E-state index in [1.54, 1.807) is 0 Å². The van der Waals surface area contributed by atoms with Gasteiger partial charge in [0.15, 0.2) is 0 Å². The van der Waals surface area contributed by atoms with E-state index in [2.05, 4.69) is 44.2 Å². The minimum Gasteiger partial charge on any atom is -0.496 e. The van der Waals surface area contributed by atoms with Gasteiger partial charge >= 0.3 is 0 Å². The number of hydrogen-bond acceptors (Lipinski definition) is 1. The molecule has 0 aliphatic heterocycles. The van der Waals surface area contributed by atoms with Crippen LogP contribution in [0.4, 0.5) is 0 Å². The van der Waals surface area contributed by atoms with E-state index in [1.165, 1.54) is 33.0 Å². The maximum Gasteiger partial charge on any atom is 0.0896 e. The number of fused-ring (bicyclic) bond motifs is 1. The third-order valence-electron chi connectivity index (χ3n) is 4.69. The summed E-state index contributed by atoms with van der Waals surface area (Å²) < 4.78 is 5.80. The molecule has 0 saturated heterocycles. The summed E-state index contributed by atoms with van der Waals surface area (Å²) >= 11 is 6.06. The molecule has 25 heavy (non-hydrogen) atoms. The first kappa shape index (κ1) is 18.3. The van der Waals surface area contributed by atoms with Gasteiger partial charge in [0, 0.05) is 31.2 Å². The Morgan fingerprint density at radius 1 is 0.920 bits per heavy atom. The summed E-state index contributed by atoms with van der Waals surface area (Å²) in [7, 11) is 0. The van der Waals surface area contributed by atoms with Crippen molar-refractivity contribution in [3.63, 3.8) is 0 Å². The summed E-state index contributed by atoms with van der Waals surface area (Å²) in [5, 5.41) is 3.26. The van der Waals surface area contributed by atoms with Crippen LogP contribution in [0.3, 0.4) is 0 Å². The molecule has 1 aromatic heterocycles. The smallest absolute Gasteiger partial charge is 0.0896 e. The zero-order chi connectivity index (χ0) is 16.8. The van der Waals surface area contributed by atoms with Crippen LogP contribution in [0, 0.1) is 20.8 Å². The molecule has 0 aliphatic carbocycles. The summed E-state index contributed by atoms with van der Waals surface area (Å²) in [4.78, 5) is 0. The van der Waals surface area contributed by atoms with E-state index in [-0.39, 0.29) is 26.2 Å². The average molecular weight is 425 g/mol. The van der Waals surface area contributed by atoms with Gasteiger partial charge in [0.05, 0.1) is 11.5 Å². The maximum absolute atomic E-state index is 6.06. The zero-order valence-corrected chi connectivity index (χ0v) is 17.7. The Bertz CT molecular complexity index is 1040. The van der Waals surface area contributed by atoms with Crippen LogP contribution in [0.2, 0.25) is 5.02 Å². The summed E-state index contributed by atoms with van der Waals surface area (Å²) in [6, 6.07) is 18.8. The van der Waals surface area contributed by atoms with Crippen molar-refractivity contribution < 1.29 is 30.6 Å². The molecule has 3 aromatic carbocycles. The quantitative estimate of drug-likeness (QED) is 0.314. The summed E-state index contributed by atoms with van der Waals surface area (Å²) in [6.07, 6.45) is 0. The van der Waals surface area contributed by atoms with Gasteiger partial charge in [-0.1, -0.05) is 40.4 Å². The standard InChI is InChI=1S/C22H18ClO.Zr/c1-13-10-17-11-18(21-9-4-14(2)24-21)12-20(17)22(15(13)3)16-5-7-19(23)8-6-16;/h4-12H,1-3H3;/q-1;. The predicted octanol–water partition coefficient (Wildman–Crippen LogP) is 7.06. The van der Waals surface area contributed by atoms with Crippen LogP contribution < -0.4 is 0 Å². The molecule has 4 aromatic rings. The largest absolute Gasteiger partial charge is 0.496 e. The van der Waals surface area contributed by atoms with Crippen molar-refractivity contribution in [2.45, 2.75) is 20.8 Å². The van der Waals surface area contributed by atoms with E-state index < -0.39 is 0 Å². The summed E-state index contributed by atoms with van der Waals surface area (Å²) in [5.41, 5.74) is 6.19. The molecule has 4 rings (SSSR count). The minimum atomic E-state index is 0. The fraction of sp³-hybridized carbons (Fsp3) is 0.136. The fourth-order valence-corrected chi connectivity index (χ4v) is 3.45. The second-order valence-corrected chi connectivity index (χ2v) is 6.79. The molecule has 0 unspecified atom stereocenters. The molecule has 3 heteroatoms. The molecule has 0 fully saturated rings. The fourth-order valence-electron chi connectivity index (χ4n) is 3.32. The van der Waals surface area contributed by atoms with E-state index >= 15 is 0 Å². The molecule has 0 bridgehead atoms. The van der Waals surface area contributed by atoms with Crippen molar-refractivity contribution in [1.29, 1.82) is 0 Å². The van der Waals surface area contributed by atoms with E-state index in [0.717, 1.165) is 22.1 Å². The van der Waals surface area contributed by atoms with Crippen molar-refractivity contribution in [1.82, 2.24) is 0 Å². The number of rotatable bonds is 2. The molecule has 0 saturated carbocycles. The number of halogens is 1. The van der Waals surface area contributed by atoms with Gasteiger partial charge in [-0.05, 0) is 56.2 Å². The molecule has 0 spiro atoms. The van der Waals surface area contributed by atoms with Crippen LogP contribution in [0.1, 0.15) is 16.9 Å². The van der Waals surface area contributed by atoms with Gasteiger partial charge in [0.1, 0.15) is 0 Å². The summed E-state index contributed by atoms with van der Waals surface area (Å²) in [6.45, 7) is 6.32. The molecule has 0 amide bonds. The summed E-state index contributed by atoms with van der Waals surface area (Å²) in [5.74, 6) is 1.85. The second kappa shape index (κ2) is 7.02. The molecule has 1 heterocycles. The van der Waals surface area contributed by atoms with Crippen molar-refractivity contribution in [2.75, 3.05) is 0 Å². The molecule has 0 radical (unpaired) electrons. The van der Waals surface area contributed by atoms with Gasteiger partial charge in [-0.3, -0.25) is 0 Å². The molecule has 0 atom stereocenters. The third-order valence-corrected chi connectivity index (χ3v) is 4.94. The van der Waals surface area contributed by atoms with Crippen LogP contribution >= 0.6 is 11.6 Å². The third kappa shape index (κ3) is 3.30. The monoisotopic (exact) mass is 423 g/mol. The van der Waals surface area contributed by atoms with Crippen LogP contribution in [0.5, 0.6) is 0 Å². The van der Waals surface area contributed by atoms with Crippen molar-refractivity contribution >= 4 is 22.4 Å². The van der Waals surface area contributed by atoms with Gasteiger partial charge < -0.3 is 4.42 Å². The van der Waals surface area contributed by atoms with Gasteiger partial charge in [-0.25, -0.2) is 0 Å². The Morgan fingerprint density at radius 2 is 1.64 bits per heavy atom. The first-order valence-electron chi connectivity index (χ1n) is 8.06. The predicted molar refractivity (Wildman–Crippen MR) is 102 cm³/mol. The normalized spacial score (nSPS) is 10.9. The number of furan rings is 1. The Morgan fingerprint density at radius 3 is 2.28 bits per heavy atom. The molecular weight excluding hydrogens is 407 g/mol. The van der Waals surface area contributed by atoms with Crippen LogP contribution in [0.15, 0.2) is 59.0 Å². The Balaban J connectivity index is 0.00000182. The van der Waals surface area contributed by atoms with Gasteiger partial charge in [0.2, 0.25) is 0 Å². The first-order valence-corrected chi connectivity index (χ1v) is 8.44. The van der Waals surface area contributed by atoms with Crippen LogP contribution in [0.25, 0.3) is 33.2 Å². The van der Waals surface area contributed by atoms with Crippen molar-refractivity contribution in [3.8, 4) is 22.5 Å². The van der Waals surface area contributed by atoms with Crippen LogP contribution in [-0.4, -0.2) is 0 Å². The Labute approximate surface area is 172 Å². The Hall–Kier alpha value is -1.50. The van der Waals surface area contributed by atoms with E-state index in [1.807, 2.05) is 31.2 Å². The second-order valence-electron chi connectivity index (χ2n) is 6.36. The van der Waals surface area contributed by atoms with Gasteiger partial charge in [-0.2, -0.15) is 0 Å². The van der Waals surface area contributed by atoms with Crippen LogP contribution in [-0.2, 0) is 26.2 Å². The number of hydrogen-bond donors (Lipinski definition) is 0. The molecule has 1 nitrogen and oxygen atoms in total. The van der Waals surface area contributed by atoms with Crippen molar-refractivity contribution in [3.05, 3.63) is 76.5 Å². The molecular formula is C22H18ClOZr-. The molecule has 0 aliphatic rings. The topological polar surface area (TPSA) is 13.1 Å². The van der Waals surface area contributed by atoms with Crippen molar-refractivity contribution in [2.24, 2.45) is 0 Å². The number of aryl methyl sites for hydroxylation is 2. The average Bonchev–Trinajstić information content (AvgIpc) is 3.16. The van der Waals surface area contributed by atoms with Gasteiger partial charge in [0.25, 0.3) is 0 Å². The zero-order valence-electron chi connectivity index (χ0n) is 14.5. The SMILES string of the molecule is Cc1ccc(-c2cc3c(-c4ccc(Cl)cc4)c(C)c(C)cc3[cH-]2)o1.[Zr]. The molecule has 0 N–H and O–H groups in total. The van der Waals surface area contributed by atoms with E-state index in [9.17, 15) is 0 Å².